The van der Waals surface area contributed by atoms with Gasteiger partial charge in [0.2, 0.25) is 0 Å². The van der Waals surface area contributed by atoms with Crippen molar-refractivity contribution in [1.29, 1.82) is 0 Å². The van der Waals surface area contributed by atoms with Crippen molar-refractivity contribution in [2.75, 3.05) is 40.8 Å². The van der Waals surface area contributed by atoms with Gasteiger partial charge in [-0.1, -0.05) is 19.8 Å². The van der Waals surface area contributed by atoms with Crippen molar-refractivity contribution in [2.45, 2.75) is 45.1 Å². The average Bonchev–Trinajstić information content (AvgIpc) is 2.32. The molecule has 1 aliphatic carbocycles. The van der Waals surface area contributed by atoms with Gasteiger partial charge in [-0.15, -0.1) is 0 Å². The van der Waals surface area contributed by atoms with Crippen molar-refractivity contribution in [3.05, 3.63) is 0 Å². The monoisotopic (exact) mass is 255 g/mol. The maximum Gasteiger partial charge on any atom is 0.0243 e. The van der Waals surface area contributed by atoms with Gasteiger partial charge in [0.1, 0.15) is 0 Å². The summed E-state index contributed by atoms with van der Waals surface area (Å²) in [5.74, 6) is 1.76. The quantitative estimate of drug-likeness (QED) is 0.755. The van der Waals surface area contributed by atoms with Gasteiger partial charge in [0, 0.05) is 12.6 Å². The molecule has 0 bridgehead atoms. The number of hydrogen-bond donors (Lipinski definition) is 1. The molecule has 108 valence electrons. The summed E-state index contributed by atoms with van der Waals surface area (Å²) in [5, 5.41) is 0. The SMILES string of the molecule is CC1CCC(C(CN)N(C)CCCN(C)C)CC1. The first-order valence-electron chi connectivity index (χ1n) is 7.59. The van der Waals surface area contributed by atoms with Gasteiger partial charge in [-0.2, -0.15) is 0 Å². The van der Waals surface area contributed by atoms with Crippen molar-refractivity contribution >= 4 is 0 Å². The van der Waals surface area contributed by atoms with Crippen LogP contribution in [-0.2, 0) is 0 Å². The zero-order valence-electron chi connectivity index (χ0n) is 12.9. The Balaban J connectivity index is 2.34. The van der Waals surface area contributed by atoms with Gasteiger partial charge >= 0.3 is 0 Å². The zero-order valence-corrected chi connectivity index (χ0v) is 12.9. The molecule has 1 aliphatic rings. The van der Waals surface area contributed by atoms with Gasteiger partial charge < -0.3 is 15.5 Å². The Bertz CT molecular complexity index is 210. The highest BCUT2D eigenvalue weighted by Gasteiger charge is 2.27. The van der Waals surface area contributed by atoms with Crippen molar-refractivity contribution in [3.8, 4) is 0 Å². The second kappa shape index (κ2) is 8.13. The first-order valence-corrected chi connectivity index (χ1v) is 7.59. The standard InChI is InChI=1S/C15H33N3/c1-13-6-8-14(9-7-13)15(12-16)18(4)11-5-10-17(2)3/h13-15H,5-12,16H2,1-4H3. The molecule has 0 saturated heterocycles. The summed E-state index contributed by atoms with van der Waals surface area (Å²) in [4.78, 5) is 4.76. The van der Waals surface area contributed by atoms with Gasteiger partial charge in [-0.05, 0) is 65.3 Å². The predicted molar refractivity (Wildman–Crippen MR) is 79.8 cm³/mol. The maximum absolute atomic E-state index is 6.02. The molecule has 1 fully saturated rings. The highest BCUT2D eigenvalue weighted by molar-refractivity contribution is 4.82. The Labute approximate surface area is 114 Å². The highest BCUT2D eigenvalue weighted by atomic mass is 15.1. The second-order valence-electron chi connectivity index (χ2n) is 6.46. The van der Waals surface area contributed by atoms with Crippen LogP contribution in [0.25, 0.3) is 0 Å². The van der Waals surface area contributed by atoms with Crippen LogP contribution in [-0.4, -0.2) is 56.6 Å². The van der Waals surface area contributed by atoms with E-state index in [1.807, 2.05) is 0 Å². The zero-order chi connectivity index (χ0) is 13.5. The summed E-state index contributed by atoms with van der Waals surface area (Å²) in [6.45, 7) is 5.54. The van der Waals surface area contributed by atoms with E-state index in [9.17, 15) is 0 Å². The molecule has 3 heteroatoms. The van der Waals surface area contributed by atoms with E-state index in [1.54, 1.807) is 0 Å². The molecule has 1 rings (SSSR count). The van der Waals surface area contributed by atoms with Gasteiger partial charge in [0.25, 0.3) is 0 Å². The van der Waals surface area contributed by atoms with E-state index >= 15 is 0 Å². The van der Waals surface area contributed by atoms with E-state index < -0.39 is 0 Å². The fraction of sp³-hybridized carbons (Fsp3) is 1.00. The molecule has 18 heavy (non-hydrogen) atoms. The third-order valence-electron chi connectivity index (χ3n) is 4.53. The lowest BCUT2D eigenvalue weighted by atomic mass is 9.79. The lowest BCUT2D eigenvalue weighted by Gasteiger charge is -2.37. The summed E-state index contributed by atoms with van der Waals surface area (Å²) in [6, 6.07) is 0.597. The summed E-state index contributed by atoms with van der Waals surface area (Å²) in [6.07, 6.45) is 6.78. The molecule has 0 aromatic rings. The molecular weight excluding hydrogens is 222 g/mol. The number of likely N-dealkylation sites (N-methyl/N-ethyl adjacent to an activating group) is 1. The van der Waals surface area contributed by atoms with E-state index in [0.717, 1.165) is 18.4 Å². The van der Waals surface area contributed by atoms with Crippen LogP contribution in [0.5, 0.6) is 0 Å². The number of nitrogens with two attached hydrogens (primary N) is 1. The molecule has 0 radical (unpaired) electrons. The number of rotatable bonds is 7. The van der Waals surface area contributed by atoms with Crippen molar-refractivity contribution < 1.29 is 0 Å². The molecule has 0 aromatic heterocycles. The lowest BCUT2D eigenvalue weighted by Crippen LogP contribution is -2.45. The largest absolute Gasteiger partial charge is 0.329 e. The van der Waals surface area contributed by atoms with Gasteiger partial charge in [-0.25, -0.2) is 0 Å². The molecule has 0 spiro atoms. The molecule has 1 atom stereocenters. The van der Waals surface area contributed by atoms with Crippen molar-refractivity contribution in [3.63, 3.8) is 0 Å². The fourth-order valence-electron chi connectivity index (χ4n) is 3.21. The van der Waals surface area contributed by atoms with Crippen LogP contribution in [0.15, 0.2) is 0 Å². The first-order chi connectivity index (χ1) is 8.54. The molecule has 0 amide bonds. The van der Waals surface area contributed by atoms with Crippen LogP contribution in [0.1, 0.15) is 39.0 Å². The van der Waals surface area contributed by atoms with Gasteiger partial charge in [0.15, 0.2) is 0 Å². The van der Waals surface area contributed by atoms with Crippen molar-refractivity contribution in [1.82, 2.24) is 9.80 Å². The van der Waals surface area contributed by atoms with Crippen LogP contribution in [0, 0.1) is 11.8 Å². The fourth-order valence-corrected chi connectivity index (χ4v) is 3.21. The third-order valence-corrected chi connectivity index (χ3v) is 4.53. The number of hydrogen-bond acceptors (Lipinski definition) is 3. The topological polar surface area (TPSA) is 32.5 Å². The van der Waals surface area contributed by atoms with Crippen LogP contribution in [0.3, 0.4) is 0 Å². The minimum atomic E-state index is 0.597. The van der Waals surface area contributed by atoms with Crippen LogP contribution in [0.2, 0.25) is 0 Å². The van der Waals surface area contributed by atoms with E-state index in [-0.39, 0.29) is 0 Å². The lowest BCUT2D eigenvalue weighted by molar-refractivity contribution is 0.132. The first kappa shape index (κ1) is 15.9. The van der Waals surface area contributed by atoms with Gasteiger partial charge in [-0.3, -0.25) is 0 Å². The normalized spacial score (nSPS) is 26.8. The Kier molecular flexibility index (Phi) is 7.20. The van der Waals surface area contributed by atoms with Crippen LogP contribution in [0.4, 0.5) is 0 Å². The molecule has 1 saturated carbocycles. The molecule has 1 unspecified atom stereocenters. The highest BCUT2D eigenvalue weighted by Crippen LogP contribution is 2.31. The van der Waals surface area contributed by atoms with Crippen molar-refractivity contribution in [2.24, 2.45) is 17.6 Å². The smallest absolute Gasteiger partial charge is 0.0243 e. The Morgan fingerprint density at radius 1 is 1.06 bits per heavy atom. The maximum atomic E-state index is 6.02. The van der Waals surface area contributed by atoms with Crippen LogP contribution >= 0.6 is 0 Å². The Morgan fingerprint density at radius 3 is 2.17 bits per heavy atom. The molecule has 0 aromatic carbocycles. The summed E-state index contributed by atoms with van der Waals surface area (Å²) >= 11 is 0. The molecule has 2 N–H and O–H groups in total. The predicted octanol–water partition coefficient (Wildman–Crippen LogP) is 2.02. The molecular formula is C15H33N3. The minimum absolute atomic E-state index is 0.597. The van der Waals surface area contributed by atoms with Gasteiger partial charge in [0.05, 0.1) is 0 Å². The Hall–Kier alpha value is -0.120. The third kappa shape index (κ3) is 5.25. The van der Waals surface area contributed by atoms with E-state index in [4.69, 9.17) is 5.73 Å². The summed E-state index contributed by atoms with van der Waals surface area (Å²) in [5.41, 5.74) is 6.02. The molecule has 0 aliphatic heterocycles. The number of nitrogens with zero attached hydrogens (tertiary/aromatic N) is 2. The Morgan fingerprint density at radius 2 is 1.67 bits per heavy atom. The molecule has 0 heterocycles. The minimum Gasteiger partial charge on any atom is -0.329 e. The van der Waals surface area contributed by atoms with Crippen LogP contribution < -0.4 is 5.73 Å². The van der Waals surface area contributed by atoms with E-state index in [1.165, 1.54) is 45.2 Å². The molecule has 3 nitrogen and oxygen atoms in total. The summed E-state index contributed by atoms with van der Waals surface area (Å²) in [7, 11) is 6.54. The average molecular weight is 255 g/mol. The second-order valence-corrected chi connectivity index (χ2v) is 6.46. The van der Waals surface area contributed by atoms with E-state index in [2.05, 4.69) is 37.9 Å². The van der Waals surface area contributed by atoms with E-state index in [0.29, 0.717) is 6.04 Å². The summed E-state index contributed by atoms with van der Waals surface area (Å²) < 4.78 is 0.